The lowest BCUT2D eigenvalue weighted by atomic mass is 9.81. The molecule has 12 heteroatoms. The highest BCUT2D eigenvalue weighted by Crippen LogP contribution is 2.41. The molecule has 270 valence electrons. The first-order valence-electron chi connectivity index (χ1n) is 18.5. The van der Waals surface area contributed by atoms with E-state index in [1.165, 1.54) is 12.5 Å². The van der Waals surface area contributed by atoms with Gasteiger partial charge in [-0.05, 0) is 74.7 Å². The molecular formula is C37H55N5O7. The Morgan fingerprint density at radius 1 is 0.898 bits per heavy atom. The molecule has 5 amide bonds. The van der Waals surface area contributed by atoms with Gasteiger partial charge in [0.05, 0.1) is 17.9 Å². The number of fused-ring (bicyclic) bond motifs is 1. The zero-order chi connectivity index (χ0) is 35.3. The van der Waals surface area contributed by atoms with Gasteiger partial charge in [0.25, 0.3) is 11.8 Å². The number of hydrogen-bond donors (Lipinski definition) is 4. The van der Waals surface area contributed by atoms with Crippen molar-refractivity contribution >= 4 is 35.3 Å². The van der Waals surface area contributed by atoms with Crippen molar-refractivity contribution in [3.63, 3.8) is 0 Å². The van der Waals surface area contributed by atoms with Crippen LogP contribution in [0, 0.1) is 17.3 Å². The van der Waals surface area contributed by atoms with Crippen molar-refractivity contribution in [2.75, 3.05) is 0 Å². The van der Waals surface area contributed by atoms with Gasteiger partial charge in [0.15, 0.2) is 0 Å². The maximum atomic E-state index is 14.8. The van der Waals surface area contributed by atoms with Crippen LogP contribution in [0.25, 0.3) is 0 Å². The number of likely N-dealkylation sites (tertiary alicyclic amines) is 1. The normalized spacial score (nSPS) is 24.6. The molecule has 2 unspecified atom stereocenters. The number of amides is 5. The summed E-state index contributed by atoms with van der Waals surface area (Å²) in [6, 6.07) is -2.26. The smallest absolute Gasteiger partial charge is 0.289 e. The molecule has 4 fully saturated rings. The number of nitrogens with one attached hydrogen (secondary N) is 4. The molecular weight excluding hydrogens is 626 g/mol. The second-order valence-electron chi connectivity index (χ2n) is 15.7. The van der Waals surface area contributed by atoms with E-state index in [9.17, 15) is 28.8 Å². The molecule has 1 saturated heterocycles. The lowest BCUT2D eigenvalue weighted by Crippen LogP contribution is -2.63. The summed E-state index contributed by atoms with van der Waals surface area (Å²) in [5.41, 5.74) is -0.412. The van der Waals surface area contributed by atoms with Crippen LogP contribution in [0.2, 0.25) is 0 Å². The number of Topliss-reactive ketones (excluding diaryl/α,β-unsaturated/α-hetero) is 1. The van der Waals surface area contributed by atoms with Gasteiger partial charge in [0.1, 0.15) is 24.4 Å². The fraction of sp³-hybridized carbons (Fsp3) is 0.730. The topological polar surface area (TPSA) is 167 Å². The summed E-state index contributed by atoms with van der Waals surface area (Å²) in [4.78, 5) is 83.6. The van der Waals surface area contributed by atoms with Crippen LogP contribution in [-0.2, 0) is 24.0 Å². The molecule has 1 aromatic rings. The molecule has 0 bridgehead atoms. The maximum absolute atomic E-state index is 14.8. The second kappa shape index (κ2) is 15.9. The minimum Gasteiger partial charge on any atom is -0.472 e. The molecule has 49 heavy (non-hydrogen) atoms. The summed E-state index contributed by atoms with van der Waals surface area (Å²) in [5, 5.41) is 11.6. The van der Waals surface area contributed by atoms with Crippen LogP contribution in [0.1, 0.15) is 128 Å². The van der Waals surface area contributed by atoms with Crippen molar-refractivity contribution in [2.24, 2.45) is 17.3 Å². The van der Waals surface area contributed by atoms with Crippen LogP contribution in [0.3, 0.4) is 0 Å². The average molecular weight is 682 g/mol. The summed E-state index contributed by atoms with van der Waals surface area (Å²) >= 11 is 0. The third-order valence-electron chi connectivity index (χ3n) is 10.9. The quantitative estimate of drug-likeness (QED) is 0.230. The average Bonchev–Trinajstić information content (AvgIpc) is 3.55. The Morgan fingerprint density at radius 3 is 2.22 bits per heavy atom. The highest BCUT2D eigenvalue weighted by Gasteiger charge is 2.51. The lowest BCUT2D eigenvalue weighted by Gasteiger charge is -2.40. The molecule has 12 nitrogen and oxygen atoms in total. The number of carbonyl (C=O) groups is 6. The largest absolute Gasteiger partial charge is 0.472 e. The molecule has 3 aliphatic carbocycles. The molecule has 3 saturated carbocycles. The van der Waals surface area contributed by atoms with Crippen molar-refractivity contribution in [1.29, 1.82) is 0 Å². The highest BCUT2D eigenvalue weighted by molar-refractivity contribution is 6.38. The zero-order valence-electron chi connectivity index (χ0n) is 29.6. The third kappa shape index (κ3) is 8.91. The van der Waals surface area contributed by atoms with Crippen molar-refractivity contribution in [1.82, 2.24) is 26.2 Å². The summed E-state index contributed by atoms with van der Waals surface area (Å²) < 4.78 is 5.09. The molecule has 4 N–H and O–H groups in total. The second-order valence-corrected chi connectivity index (χ2v) is 15.7. The van der Waals surface area contributed by atoms with Crippen LogP contribution in [0.5, 0.6) is 0 Å². The molecule has 6 atom stereocenters. The Morgan fingerprint density at radius 2 is 1.59 bits per heavy atom. The van der Waals surface area contributed by atoms with Crippen molar-refractivity contribution in [2.45, 2.75) is 154 Å². The Bertz CT molecular complexity index is 1360. The van der Waals surface area contributed by atoms with Gasteiger partial charge in [-0.25, -0.2) is 0 Å². The van der Waals surface area contributed by atoms with E-state index in [1.807, 2.05) is 27.7 Å². The zero-order valence-corrected chi connectivity index (χ0v) is 29.6. The van der Waals surface area contributed by atoms with Crippen molar-refractivity contribution in [3.8, 4) is 0 Å². The third-order valence-corrected chi connectivity index (χ3v) is 10.9. The fourth-order valence-corrected chi connectivity index (χ4v) is 7.99. The van der Waals surface area contributed by atoms with Gasteiger partial charge in [-0.15, -0.1) is 0 Å². The van der Waals surface area contributed by atoms with Crippen molar-refractivity contribution in [3.05, 3.63) is 24.2 Å². The molecule has 0 radical (unpaired) electrons. The standard InChI is InChI=1S/C37H55N5O7/c1-5-11-26(30(43)35(47)38-25-16-17-25)39-33(45)28-20-23-14-9-10-15-27(23)42(28)36(48)31(37(2,3)4)41-34(46)29(22-12-7-6-8-13-22)40-32(44)24-18-19-49-21-24/h18-19,21-23,25-29,31H,5-17,20H2,1-4H3,(H,38,47)(H,39,45)(H,40,44)(H,41,46)/t23?,26-,27?,28-,29-,31+/m0/s1. The number of furan rings is 1. The molecule has 5 rings (SSSR count). The van der Waals surface area contributed by atoms with Gasteiger partial charge >= 0.3 is 0 Å². The number of hydrogen-bond acceptors (Lipinski definition) is 7. The molecule has 4 aliphatic rings. The number of ketones is 1. The predicted molar refractivity (Wildman–Crippen MR) is 182 cm³/mol. The highest BCUT2D eigenvalue weighted by atomic mass is 16.3. The van der Waals surface area contributed by atoms with Crippen LogP contribution in [0.15, 0.2) is 23.0 Å². The Labute approximate surface area is 289 Å². The summed E-state index contributed by atoms with van der Waals surface area (Å²) in [6.45, 7) is 7.54. The SMILES string of the molecule is CCC[C@H](NC(=O)[C@@H]1CC2CCCCC2N1C(=O)[C@@H](NC(=O)[C@@H](NC(=O)c1ccoc1)C1CCCCC1)C(C)(C)C)C(=O)C(=O)NC1CC1. The first-order chi connectivity index (χ1) is 23.4. The first kappa shape index (κ1) is 36.6. The van der Waals surface area contributed by atoms with Crippen LogP contribution >= 0.6 is 0 Å². The van der Waals surface area contributed by atoms with Gasteiger partial charge in [0, 0.05) is 12.1 Å². The van der Waals surface area contributed by atoms with Gasteiger partial charge in [0.2, 0.25) is 23.5 Å². The van der Waals surface area contributed by atoms with Gasteiger partial charge in [-0.2, -0.15) is 0 Å². The fourth-order valence-electron chi connectivity index (χ4n) is 7.99. The summed E-state index contributed by atoms with van der Waals surface area (Å²) in [7, 11) is 0. The maximum Gasteiger partial charge on any atom is 0.289 e. The van der Waals surface area contributed by atoms with E-state index in [2.05, 4.69) is 21.3 Å². The Kier molecular flexibility index (Phi) is 11.9. The monoisotopic (exact) mass is 681 g/mol. The minimum absolute atomic E-state index is 0.0155. The summed E-state index contributed by atoms with van der Waals surface area (Å²) in [5.74, 6) is -2.94. The van der Waals surface area contributed by atoms with E-state index in [4.69, 9.17) is 4.42 Å². The van der Waals surface area contributed by atoms with Crippen LogP contribution in [0.4, 0.5) is 0 Å². The minimum atomic E-state index is -0.982. The van der Waals surface area contributed by atoms with E-state index >= 15 is 0 Å². The van der Waals surface area contributed by atoms with E-state index in [-0.39, 0.29) is 29.8 Å². The van der Waals surface area contributed by atoms with E-state index in [1.54, 1.807) is 11.0 Å². The Balaban J connectivity index is 1.37. The number of carbonyl (C=O) groups excluding carboxylic acids is 6. The Hall–Kier alpha value is -3.70. The first-order valence-corrected chi connectivity index (χ1v) is 18.5. The van der Waals surface area contributed by atoms with Gasteiger partial charge in [-0.3, -0.25) is 28.8 Å². The number of rotatable bonds is 13. The predicted octanol–water partition coefficient (Wildman–Crippen LogP) is 3.78. The number of nitrogens with zero attached hydrogens (tertiary/aromatic N) is 1. The molecule has 1 aliphatic heterocycles. The van der Waals surface area contributed by atoms with Crippen LogP contribution in [-0.4, -0.2) is 76.5 Å². The lowest BCUT2D eigenvalue weighted by molar-refractivity contribution is -0.147. The van der Waals surface area contributed by atoms with Crippen molar-refractivity contribution < 1.29 is 33.2 Å². The molecule has 1 aromatic heterocycles. The van der Waals surface area contributed by atoms with Gasteiger partial charge < -0.3 is 30.6 Å². The van der Waals surface area contributed by atoms with E-state index < -0.39 is 59.0 Å². The van der Waals surface area contributed by atoms with E-state index in [0.717, 1.165) is 70.6 Å². The molecule has 0 aromatic carbocycles. The van der Waals surface area contributed by atoms with E-state index in [0.29, 0.717) is 24.8 Å². The molecule has 2 heterocycles. The van der Waals surface area contributed by atoms with Gasteiger partial charge in [-0.1, -0.05) is 66.2 Å². The molecule has 0 spiro atoms. The summed E-state index contributed by atoms with van der Waals surface area (Å²) in [6.07, 6.45) is 13.9. The van der Waals surface area contributed by atoms with Crippen LogP contribution < -0.4 is 21.3 Å².